The molecule has 0 bridgehead atoms. The first-order chi connectivity index (χ1) is 8.68. The molecular weight excluding hydrogens is 236 g/mol. The van der Waals surface area contributed by atoms with Gasteiger partial charge in [0.2, 0.25) is 11.8 Å². The molecule has 0 amide bonds. The average Bonchev–Trinajstić information content (AvgIpc) is 2.77. The van der Waals surface area contributed by atoms with Crippen LogP contribution in [0.1, 0.15) is 53.0 Å². The summed E-state index contributed by atoms with van der Waals surface area (Å²) in [6.07, 6.45) is 0. The zero-order valence-electron chi connectivity index (χ0n) is 12.6. The first-order valence-electron chi connectivity index (χ1n) is 6.63. The van der Waals surface area contributed by atoms with E-state index in [0.717, 1.165) is 5.56 Å². The Morgan fingerprint density at radius 3 is 2.11 bits per heavy atom. The monoisotopic (exact) mass is 258 g/mol. The fourth-order valence-corrected chi connectivity index (χ4v) is 1.76. The van der Waals surface area contributed by atoms with Gasteiger partial charge in [-0.15, -0.1) is 10.2 Å². The van der Waals surface area contributed by atoms with Crippen molar-refractivity contribution in [3.63, 3.8) is 0 Å². The topological polar surface area (TPSA) is 38.9 Å². The fraction of sp³-hybridized carbons (Fsp3) is 0.500. The van der Waals surface area contributed by atoms with Crippen LogP contribution in [0.2, 0.25) is 0 Å². The number of nitrogens with zero attached hydrogens (tertiary/aromatic N) is 2. The zero-order valence-corrected chi connectivity index (χ0v) is 12.6. The Hall–Kier alpha value is -1.64. The summed E-state index contributed by atoms with van der Waals surface area (Å²) in [5.74, 6) is 1.26. The molecule has 0 aliphatic carbocycles. The average molecular weight is 258 g/mol. The van der Waals surface area contributed by atoms with Gasteiger partial charge in [0.25, 0.3) is 0 Å². The summed E-state index contributed by atoms with van der Waals surface area (Å²) in [6.45, 7) is 12.8. The van der Waals surface area contributed by atoms with E-state index in [2.05, 4.69) is 63.9 Å². The largest absolute Gasteiger partial charge is 0.420 e. The maximum Gasteiger partial charge on any atom is 0.247 e. The lowest BCUT2D eigenvalue weighted by Crippen LogP contribution is -2.11. The van der Waals surface area contributed by atoms with Crippen molar-refractivity contribution in [1.82, 2.24) is 10.2 Å². The number of aromatic nitrogens is 2. The third-order valence-electron chi connectivity index (χ3n) is 3.04. The second kappa shape index (κ2) is 4.48. The smallest absolute Gasteiger partial charge is 0.247 e. The van der Waals surface area contributed by atoms with Crippen molar-refractivity contribution >= 4 is 0 Å². The number of hydrogen-bond donors (Lipinski definition) is 0. The lowest BCUT2D eigenvalue weighted by atomic mass is 9.86. The molecule has 0 spiro atoms. The predicted molar refractivity (Wildman–Crippen MR) is 77.1 cm³/mol. The minimum atomic E-state index is -0.118. The summed E-state index contributed by atoms with van der Waals surface area (Å²) in [6, 6.07) is 8.30. The van der Waals surface area contributed by atoms with Gasteiger partial charge in [0.1, 0.15) is 0 Å². The summed E-state index contributed by atoms with van der Waals surface area (Å²) in [4.78, 5) is 0. The molecule has 1 aromatic heterocycles. The van der Waals surface area contributed by atoms with Crippen molar-refractivity contribution in [3.05, 3.63) is 35.7 Å². The van der Waals surface area contributed by atoms with E-state index in [-0.39, 0.29) is 10.8 Å². The third kappa shape index (κ3) is 3.03. The van der Waals surface area contributed by atoms with Gasteiger partial charge < -0.3 is 4.42 Å². The summed E-state index contributed by atoms with van der Waals surface area (Å²) in [7, 11) is 0. The molecule has 2 aromatic rings. The van der Waals surface area contributed by atoms with E-state index in [4.69, 9.17) is 4.42 Å². The summed E-state index contributed by atoms with van der Waals surface area (Å²) in [5.41, 5.74) is 2.24. The van der Waals surface area contributed by atoms with Gasteiger partial charge in [-0.1, -0.05) is 53.7 Å². The SMILES string of the molecule is CC(C)(C)c1cccc(-c2nnc(C(C)(C)C)o2)c1. The molecule has 0 atom stereocenters. The highest BCUT2D eigenvalue weighted by Gasteiger charge is 2.22. The molecule has 0 saturated heterocycles. The van der Waals surface area contributed by atoms with Crippen molar-refractivity contribution in [3.8, 4) is 11.5 Å². The Morgan fingerprint density at radius 1 is 0.895 bits per heavy atom. The molecule has 0 unspecified atom stereocenters. The van der Waals surface area contributed by atoms with Crippen LogP contribution in [0.15, 0.2) is 28.7 Å². The molecule has 0 aliphatic heterocycles. The van der Waals surface area contributed by atoms with Crippen LogP contribution in [-0.4, -0.2) is 10.2 Å². The number of rotatable bonds is 1. The van der Waals surface area contributed by atoms with Crippen molar-refractivity contribution < 1.29 is 4.42 Å². The molecule has 1 aromatic carbocycles. The zero-order chi connectivity index (χ0) is 14.3. The number of benzene rings is 1. The van der Waals surface area contributed by atoms with Crippen LogP contribution in [0.4, 0.5) is 0 Å². The molecular formula is C16H22N2O. The van der Waals surface area contributed by atoms with Crippen LogP contribution in [0.3, 0.4) is 0 Å². The minimum Gasteiger partial charge on any atom is -0.420 e. The Morgan fingerprint density at radius 2 is 1.58 bits per heavy atom. The van der Waals surface area contributed by atoms with E-state index in [0.29, 0.717) is 11.8 Å². The van der Waals surface area contributed by atoms with Crippen LogP contribution >= 0.6 is 0 Å². The van der Waals surface area contributed by atoms with Crippen molar-refractivity contribution in [1.29, 1.82) is 0 Å². The maximum absolute atomic E-state index is 5.78. The Labute approximate surface area is 115 Å². The van der Waals surface area contributed by atoms with Crippen LogP contribution in [0.5, 0.6) is 0 Å². The lowest BCUT2D eigenvalue weighted by molar-refractivity contribution is 0.399. The molecule has 0 radical (unpaired) electrons. The normalized spacial score (nSPS) is 12.7. The summed E-state index contributed by atoms with van der Waals surface area (Å²) < 4.78 is 5.78. The molecule has 0 saturated carbocycles. The molecule has 0 aliphatic rings. The van der Waals surface area contributed by atoms with E-state index < -0.39 is 0 Å². The summed E-state index contributed by atoms with van der Waals surface area (Å²) in [5, 5.41) is 8.30. The molecule has 2 rings (SSSR count). The molecule has 19 heavy (non-hydrogen) atoms. The fourth-order valence-electron chi connectivity index (χ4n) is 1.76. The van der Waals surface area contributed by atoms with Crippen molar-refractivity contribution in [2.75, 3.05) is 0 Å². The van der Waals surface area contributed by atoms with Gasteiger partial charge in [0.15, 0.2) is 0 Å². The first kappa shape index (κ1) is 13.8. The molecule has 3 heteroatoms. The third-order valence-corrected chi connectivity index (χ3v) is 3.04. The van der Waals surface area contributed by atoms with E-state index in [1.807, 2.05) is 12.1 Å². The maximum atomic E-state index is 5.78. The highest BCUT2D eigenvalue weighted by atomic mass is 16.4. The molecule has 102 valence electrons. The van der Waals surface area contributed by atoms with Gasteiger partial charge >= 0.3 is 0 Å². The van der Waals surface area contributed by atoms with E-state index in [9.17, 15) is 0 Å². The minimum absolute atomic E-state index is 0.114. The molecule has 0 N–H and O–H groups in total. The Kier molecular flexibility index (Phi) is 3.25. The quantitative estimate of drug-likeness (QED) is 0.764. The summed E-state index contributed by atoms with van der Waals surface area (Å²) >= 11 is 0. The second-order valence-electron chi connectivity index (χ2n) is 6.99. The van der Waals surface area contributed by atoms with Gasteiger partial charge in [0, 0.05) is 11.0 Å². The Balaban J connectivity index is 2.40. The van der Waals surface area contributed by atoms with Crippen LogP contribution < -0.4 is 0 Å². The number of hydrogen-bond acceptors (Lipinski definition) is 3. The van der Waals surface area contributed by atoms with Gasteiger partial charge in [-0.05, 0) is 23.1 Å². The predicted octanol–water partition coefficient (Wildman–Crippen LogP) is 4.33. The standard InChI is InChI=1S/C16H22N2O/c1-15(2,3)12-9-7-8-11(10-12)13-17-18-14(19-13)16(4,5)6/h7-10H,1-6H3. The van der Waals surface area contributed by atoms with Gasteiger partial charge in [-0.25, -0.2) is 0 Å². The van der Waals surface area contributed by atoms with Crippen LogP contribution in [-0.2, 0) is 10.8 Å². The Bertz CT molecular complexity index is 571. The lowest BCUT2D eigenvalue weighted by Gasteiger charge is -2.19. The van der Waals surface area contributed by atoms with Crippen LogP contribution in [0.25, 0.3) is 11.5 Å². The van der Waals surface area contributed by atoms with Crippen LogP contribution in [0, 0.1) is 0 Å². The molecule has 0 fully saturated rings. The van der Waals surface area contributed by atoms with Crippen molar-refractivity contribution in [2.45, 2.75) is 52.4 Å². The first-order valence-corrected chi connectivity index (χ1v) is 6.63. The van der Waals surface area contributed by atoms with Gasteiger partial charge in [-0.2, -0.15) is 0 Å². The second-order valence-corrected chi connectivity index (χ2v) is 6.99. The van der Waals surface area contributed by atoms with E-state index >= 15 is 0 Å². The van der Waals surface area contributed by atoms with E-state index in [1.165, 1.54) is 5.56 Å². The molecule has 3 nitrogen and oxygen atoms in total. The van der Waals surface area contributed by atoms with Crippen molar-refractivity contribution in [2.24, 2.45) is 0 Å². The van der Waals surface area contributed by atoms with Gasteiger partial charge in [-0.3, -0.25) is 0 Å². The van der Waals surface area contributed by atoms with E-state index in [1.54, 1.807) is 0 Å². The molecule has 1 heterocycles. The van der Waals surface area contributed by atoms with Gasteiger partial charge in [0.05, 0.1) is 0 Å². The highest BCUT2D eigenvalue weighted by Crippen LogP contribution is 2.29. The highest BCUT2D eigenvalue weighted by molar-refractivity contribution is 5.54.